The molecule has 1 aromatic heterocycles. The molecule has 2 rings (SSSR count). The lowest BCUT2D eigenvalue weighted by Gasteiger charge is -2.18. The number of benzene rings is 1. The quantitative estimate of drug-likeness (QED) is 0.848. The molecule has 1 unspecified atom stereocenters. The molecule has 0 saturated carbocycles. The molecular formula is C14H17NO2. The van der Waals surface area contributed by atoms with Gasteiger partial charge in [0.1, 0.15) is 11.5 Å². The second-order valence-corrected chi connectivity index (χ2v) is 3.82. The highest BCUT2D eigenvalue weighted by molar-refractivity contribution is 5.57. The van der Waals surface area contributed by atoms with Crippen LogP contribution in [0.3, 0.4) is 0 Å². The third-order valence-corrected chi connectivity index (χ3v) is 2.73. The topological polar surface area (TPSA) is 34.4 Å². The minimum atomic E-state index is 0.168. The van der Waals surface area contributed by atoms with Crippen LogP contribution in [0.1, 0.15) is 25.1 Å². The first-order valence-corrected chi connectivity index (χ1v) is 5.78. The van der Waals surface area contributed by atoms with Gasteiger partial charge in [0, 0.05) is 0 Å². The van der Waals surface area contributed by atoms with Crippen molar-refractivity contribution in [2.45, 2.75) is 19.4 Å². The van der Waals surface area contributed by atoms with Gasteiger partial charge < -0.3 is 14.5 Å². The van der Waals surface area contributed by atoms with Crippen LogP contribution in [0.5, 0.6) is 5.75 Å². The van der Waals surface area contributed by atoms with E-state index in [9.17, 15) is 0 Å². The fourth-order valence-electron chi connectivity index (χ4n) is 1.82. The summed E-state index contributed by atoms with van der Waals surface area (Å²) in [6, 6.07) is 11.9. The van der Waals surface area contributed by atoms with Crippen LogP contribution in [-0.2, 0) is 0 Å². The van der Waals surface area contributed by atoms with Gasteiger partial charge >= 0.3 is 0 Å². The lowest BCUT2D eigenvalue weighted by Crippen LogP contribution is -2.09. The molecule has 0 saturated heterocycles. The zero-order valence-electron chi connectivity index (χ0n) is 10.1. The molecule has 0 bridgehead atoms. The smallest absolute Gasteiger partial charge is 0.141 e. The summed E-state index contributed by atoms with van der Waals surface area (Å²) in [7, 11) is 1.67. The number of anilines is 1. The van der Waals surface area contributed by atoms with Crippen molar-refractivity contribution >= 4 is 5.69 Å². The average Bonchev–Trinajstić information content (AvgIpc) is 2.90. The molecule has 0 fully saturated rings. The summed E-state index contributed by atoms with van der Waals surface area (Å²) in [5.74, 6) is 1.79. The zero-order chi connectivity index (χ0) is 12.1. The van der Waals surface area contributed by atoms with Crippen molar-refractivity contribution in [3.63, 3.8) is 0 Å². The standard InChI is InChI=1S/C14H17NO2/c1-3-11(14-9-6-10-17-14)15-12-7-4-5-8-13(12)16-2/h4-11,15H,3H2,1-2H3. The molecule has 90 valence electrons. The second-order valence-electron chi connectivity index (χ2n) is 3.82. The number of rotatable bonds is 5. The molecule has 0 aliphatic carbocycles. The number of hydrogen-bond acceptors (Lipinski definition) is 3. The third kappa shape index (κ3) is 2.61. The van der Waals surface area contributed by atoms with Gasteiger partial charge in [-0.3, -0.25) is 0 Å². The summed E-state index contributed by atoms with van der Waals surface area (Å²) >= 11 is 0. The van der Waals surface area contributed by atoms with E-state index in [2.05, 4.69) is 12.2 Å². The van der Waals surface area contributed by atoms with Gasteiger partial charge in [0.15, 0.2) is 0 Å². The van der Waals surface area contributed by atoms with E-state index < -0.39 is 0 Å². The lowest BCUT2D eigenvalue weighted by molar-refractivity contribution is 0.414. The van der Waals surface area contributed by atoms with Gasteiger partial charge in [0.2, 0.25) is 0 Å². The van der Waals surface area contributed by atoms with E-state index in [0.29, 0.717) is 0 Å². The highest BCUT2D eigenvalue weighted by Gasteiger charge is 2.13. The minimum absolute atomic E-state index is 0.168. The summed E-state index contributed by atoms with van der Waals surface area (Å²) in [6.45, 7) is 2.12. The van der Waals surface area contributed by atoms with Crippen molar-refractivity contribution < 1.29 is 9.15 Å². The highest BCUT2D eigenvalue weighted by Crippen LogP contribution is 2.29. The molecule has 3 heteroatoms. The van der Waals surface area contributed by atoms with E-state index >= 15 is 0 Å². The number of nitrogens with one attached hydrogen (secondary N) is 1. The van der Waals surface area contributed by atoms with E-state index in [4.69, 9.17) is 9.15 Å². The van der Waals surface area contributed by atoms with Crippen LogP contribution in [0.25, 0.3) is 0 Å². The molecule has 1 N–H and O–H groups in total. The minimum Gasteiger partial charge on any atom is -0.495 e. The van der Waals surface area contributed by atoms with Crippen LogP contribution in [-0.4, -0.2) is 7.11 Å². The van der Waals surface area contributed by atoms with E-state index in [1.807, 2.05) is 36.4 Å². The molecule has 0 aliphatic rings. The Balaban J connectivity index is 2.18. The Bertz CT molecular complexity index is 451. The van der Waals surface area contributed by atoms with Crippen LogP contribution in [0.4, 0.5) is 5.69 Å². The summed E-state index contributed by atoms with van der Waals surface area (Å²) in [5.41, 5.74) is 0.984. The molecule has 3 nitrogen and oxygen atoms in total. The first-order chi connectivity index (χ1) is 8.35. The number of methoxy groups -OCH3 is 1. The summed E-state index contributed by atoms with van der Waals surface area (Å²) in [4.78, 5) is 0. The Hall–Kier alpha value is -1.90. The highest BCUT2D eigenvalue weighted by atomic mass is 16.5. The fraction of sp³-hybridized carbons (Fsp3) is 0.286. The van der Waals surface area contributed by atoms with Crippen molar-refractivity contribution in [3.8, 4) is 5.75 Å². The second kappa shape index (κ2) is 5.43. The summed E-state index contributed by atoms with van der Waals surface area (Å²) in [6.07, 6.45) is 2.65. The first kappa shape index (κ1) is 11.6. The fourth-order valence-corrected chi connectivity index (χ4v) is 1.82. The number of para-hydroxylation sites is 2. The van der Waals surface area contributed by atoms with Crippen LogP contribution < -0.4 is 10.1 Å². The number of furan rings is 1. The van der Waals surface area contributed by atoms with Crippen molar-refractivity contribution in [1.82, 2.24) is 0 Å². The zero-order valence-corrected chi connectivity index (χ0v) is 10.1. The predicted octanol–water partition coefficient (Wildman–Crippen LogP) is 3.85. The Morgan fingerprint density at radius 2 is 2.06 bits per heavy atom. The maximum absolute atomic E-state index is 5.43. The summed E-state index contributed by atoms with van der Waals surface area (Å²) in [5, 5.41) is 3.43. The van der Waals surface area contributed by atoms with Crippen molar-refractivity contribution in [2.24, 2.45) is 0 Å². The van der Waals surface area contributed by atoms with Crippen molar-refractivity contribution in [2.75, 3.05) is 12.4 Å². The molecule has 1 heterocycles. The SMILES string of the molecule is CCC(Nc1ccccc1OC)c1ccco1. The van der Waals surface area contributed by atoms with Crippen LogP contribution in [0.2, 0.25) is 0 Å². The maximum Gasteiger partial charge on any atom is 0.141 e. The Morgan fingerprint density at radius 1 is 1.24 bits per heavy atom. The molecule has 1 atom stereocenters. The van der Waals surface area contributed by atoms with E-state index in [1.165, 1.54) is 0 Å². The Kier molecular flexibility index (Phi) is 3.70. The van der Waals surface area contributed by atoms with Crippen molar-refractivity contribution in [3.05, 3.63) is 48.4 Å². The third-order valence-electron chi connectivity index (χ3n) is 2.73. The number of ether oxygens (including phenoxy) is 1. The van der Waals surface area contributed by atoms with Gasteiger partial charge in [-0.1, -0.05) is 19.1 Å². The van der Waals surface area contributed by atoms with Gasteiger partial charge in [-0.05, 0) is 30.7 Å². The van der Waals surface area contributed by atoms with E-state index in [0.717, 1.165) is 23.6 Å². The molecule has 1 aromatic carbocycles. The summed E-state index contributed by atoms with van der Waals surface area (Å²) < 4.78 is 10.7. The predicted molar refractivity (Wildman–Crippen MR) is 68.4 cm³/mol. The molecule has 0 spiro atoms. The Morgan fingerprint density at radius 3 is 2.71 bits per heavy atom. The van der Waals surface area contributed by atoms with Gasteiger partial charge in [-0.2, -0.15) is 0 Å². The van der Waals surface area contributed by atoms with Crippen molar-refractivity contribution in [1.29, 1.82) is 0 Å². The largest absolute Gasteiger partial charge is 0.495 e. The van der Waals surface area contributed by atoms with Gasteiger partial charge in [0.05, 0.1) is 25.1 Å². The van der Waals surface area contributed by atoms with E-state index in [1.54, 1.807) is 13.4 Å². The molecular weight excluding hydrogens is 214 g/mol. The van der Waals surface area contributed by atoms with E-state index in [-0.39, 0.29) is 6.04 Å². The average molecular weight is 231 g/mol. The van der Waals surface area contributed by atoms with Gasteiger partial charge in [0.25, 0.3) is 0 Å². The molecule has 0 amide bonds. The van der Waals surface area contributed by atoms with Crippen LogP contribution >= 0.6 is 0 Å². The lowest BCUT2D eigenvalue weighted by atomic mass is 10.1. The first-order valence-electron chi connectivity index (χ1n) is 5.78. The van der Waals surface area contributed by atoms with Gasteiger partial charge in [-0.15, -0.1) is 0 Å². The molecule has 17 heavy (non-hydrogen) atoms. The maximum atomic E-state index is 5.43. The molecule has 0 radical (unpaired) electrons. The molecule has 2 aromatic rings. The van der Waals surface area contributed by atoms with Crippen LogP contribution in [0.15, 0.2) is 47.1 Å². The molecule has 0 aliphatic heterocycles. The Labute approximate surface area is 101 Å². The monoisotopic (exact) mass is 231 g/mol. The normalized spacial score (nSPS) is 12.1. The van der Waals surface area contributed by atoms with Gasteiger partial charge in [-0.25, -0.2) is 0 Å². The number of hydrogen-bond donors (Lipinski definition) is 1. The van der Waals surface area contributed by atoms with Crippen LogP contribution in [0, 0.1) is 0 Å².